The van der Waals surface area contributed by atoms with Gasteiger partial charge in [0.05, 0.1) is 10.6 Å². The second kappa shape index (κ2) is 8.58. The molecular formula is C17H22Cl3N3O2. The second-order valence-electron chi connectivity index (χ2n) is 6.42. The number of carbonyl (C=O) groups is 2. The minimum atomic E-state index is -0.405. The van der Waals surface area contributed by atoms with Gasteiger partial charge in [0.1, 0.15) is 6.04 Å². The summed E-state index contributed by atoms with van der Waals surface area (Å²) in [6.45, 7) is 4.77. The number of hydrogen-bond acceptors (Lipinski definition) is 3. The molecule has 2 atom stereocenters. The van der Waals surface area contributed by atoms with Gasteiger partial charge in [-0.1, -0.05) is 23.2 Å². The average molecular weight is 407 g/mol. The van der Waals surface area contributed by atoms with E-state index in [2.05, 4.69) is 12.2 Å². The Kier molecular flexibility index (Phi) is 6.97. The van der Waals surface area contributed by atoms with Crippen molar-refractivity contribution in [1.29, 1.82) is 0 Å². The van der Waals surface area contributed by atoms with Crippen molar-refractivity contribution in [2.75, 3.05) is 26.2 Å². The Morgan fingerprint density at radius 1 is 1.24 bits per heavy atom. The summed E-state index contributed by atoms with van der Waals surface area (Å²) in [7, 11) is 0. The van der Waals surface area contributed by atoms with E-state index in [0.717, 1.165) is 13.0 Å². The van der Waals surface area contributed by atoms with Gasteiger partial charge < -0.3 is 15.1 Å². The molecular weight excluding hydrogens is 385 g/mol. The van der Waals surface area contributed by atoms with Crippen LogP contribution in [0.3, 0.4) is 0 Å². The van der Waals surface area contributed by atoms with Gasteiger partial charge in [-0.25, -0.2) is 0 Å². The van der Waals surface area contributed by atoms with Gasteiger partial charge in [0, 0.05) is 37.2 Å². The summed E-state index contributed by atoms with van der Waals surface area (Å²) in [5.41, 5.74) is 0.359. The first-order chi connectivity index (χ1) is 11.5. The number of piperazine rings is 1. The summed E-state index contributed by atoms with van der Waals surface area (Å²) in [5.74, 6) is -0.186. The van der Waals surface area contributed by atoms with E-state index in [0.29, 0.717) is 41.7 Å². The van der Waals surface area contributed by atoms with Crippen molar-refractivity contribution >= 4 is 47.4 Å². The van der Waals surface area contributed by atoms with Crippen molar-refractivity contribution in [1.82, 2.24) is 15.1 Å². The molecule has 2 saturated heterocycles. The van der Waals surface area contributed by atoms with E-state index in [1.165, 1.54) is 0 Å². The molecule has 2 heterocycles. The van der Waals surface area contributed by atoms with E-state index < -0.39 is 6.04 Å². The molecule has 2 amide bonds. The summed E-state index contributed by atoms with van der Waals surface area (Å²) >= 11 is 12.1. The van der Waals surface area contributed by atoms with Crippen molar-refractivity contribution in [3.05, 3.63) is 33.8 Å². The van der Waals surface area contributed by atoms with Crippen LogP contribution in [-0.2, 0) is 4.79 Å². The van der Waals surface area contributed by atoms with Crippen molar-refractivity contribution in [3.8, 4) is 0 Å². The molecule has 138 valence electrons. The van der Waals surface area contributed by atoms with E-state index in [1.807, 2.05) is 4.90 Å². The van der Waals surface area contributed by atoms with Crippen LogP contribution in [0.1, 0.15) is 30.1 Å². The second-order valence-corrected chi connectivity index (χ2v) is 7.26. The number of likely N-dealkylation sites (tertiary alicyclic amines) is 1. The minimum absolute atomic E-state index is 0. The van der Waals surface area contributed by atoms with Gasteiger partial charge in [-0.3, -0.25) is 9.59 Å². The monoisotopic (exact) mass is 405 g/mol. The van der Waals surface area contributed by atoms with Crippen LogP contribution in [0.5, 0.6) is 0 Å². The fraction of sp³-hybridized carbons (Fsp3) is 0.529. The maximum Gasteiger partial charge on any atom is 0.256 e. The zero-order chi connectivity index (χ0) is 17.3. The maximum atomic E-state index is 12.9. The zero-order valence-electron chi connectivity index (χ0n) is 14.0. The Labute approximate surface area is 164 Å². The topological polar surface area (TPSA) is 52.7 Å². The first kappa shape index (κ1) is 20.3. The number of hydrogen-bond donors (Lipinski definition) is 1. The van der Waals surface area contributed by atoms with Crippen LogP contribution < -0.4 is 5.32 Å². The van der Waals surface area contributed by atoms with Crippen molar-refractivity contribution in [3.63, 3.8) is 0 Å². The number of halogens is 3. The molecule has 1 aromatic rings. The highest BCUT2D eigenvalue weighted by Crippen LogP contribution is 2.27. The quantitative estimate of drug-likeness (QED) is 0.821. The highest BCUT2D eigenvalue weighted by molar-refractivity contribution is 6.35. The molecule has 2 aliphatic rings. The van der Waals surface area contributed by atoms with Gasteiger partial charge in [0.2, 0.25) is 5.91 Å². The molecule has 2 fully saturated rings. The van der Waals surface area contributed by atoms with E-state index in [4.69, 9.17) is 23.2 Å². The highest BCUT2D eigenvalue weighted by atomic mass is 35.5. The van der Waals surface area contributed by atoms with E-state index in [9.17, 15) is 9.59 Å². The lowest BCUT2D eigenvalue weighted by atomic mass is 10.1. The molecule has 0 saturated carbocycles. The third kappa shape index (κ3) is 4.40. The first-order valence-electron chi connectivity index (χ1n) is 8.25. The fourth-order valence-electron chi connectivity index (χ4n) is 3.43. The Bertz CT molecular complexity index is 656. The van der Waals surface area contributed by atoms with Gasteiger partial charge in [0.15, 0.2) is 0 Å². The standard InChI is InChI=1S/C17H21Cl2N3O2.ClH/c1-11-10-21(8-6-20-11)17(24)15-3-2-7-22(15)16(23)13-9-12(18)4-5-14(13)19;/h4-5,9,11,15,20H,2-3,6-8,10H2,1H3;1H. The van der Waals surface area contributed by atoms with Gasteiger partial charge in [-0.15, -0.1) is 12.4 Å². The Morgan fingerprint density at radius 2 is 2.00 bits per heavy atom. The maximum absolute atomic E-state index is 12.9. The van der Waals surface area contributed by atoms with Crippen LogP contribution in [0.2, 0.25) is 10.0 Å². The summed E-state index contributed by atoms with van der Waals surface area (Å²) in [6.07, 6.45) is 1.52. The number of rotatable bonds is 2. The first-order valence-corrected chi connectivity index (χ1v) is 9.01. The molecule has 8 heteroatoms. The van der Waals surface area contributed by atoms with Crippen LogP contribution in [0, 0.1) is 0 Å². The van der Waals surface area contributed by atoms with E-state index in [-0.39, 0.29) is 30.3 Å². The molecule has 0 radical (unpaired) electrons. The van der Waals surface area contributed by atoms with Gasteiger partial charge >= 0.3 is 0 Å². The highest BCUT2D eigenvalue weighted by Gasteiger charge is 2.38. The Balaban J connectivity index is 0.00000225. The van der Waals surface area contributed by atoms with Crippen LogP contribution in [0.15, 0.2) is 18.2 Å². The molecule has 0 spiro atoms. The molecule has 0 aromatic heterocycles. The third-order valence-electron chi connectivity index (χ3n) is 4.64. The molecule has 2 unspecified atom stereocenters. The van der Waals surface area contributed by atoms with Crippen LogP contribution in [-0.4, -0.2) is 59.9 Å². The lowest BCUT2D eigenvalue weighted by Crippen LogP contribution is -2.56. The zero-order valence-corrected chi connectivity index (χ0v) is 16.3. The Hall–Kier alpha value is -1.01. The summed E-state index contributed by atoms with van der Waals surface area (Å²) in [4.78, 5) is 29.3. The van der Waals surface area contributed by atoms with Crippen LogP contribution in [0.25, 0.3) is 0 Å². The minimum Gasteiger partial charge on any atom is -0.338 e. The number of nitrogens with zero attached hydrogens (tertiary/aromatic N) is 2. The lowest BCUT2D eigenvalue weighted by molar-refractivity contribution is -0.136. The van der Waals surface area contributed by atoms with Crippen LogP contribution >= 0.6 is 35.6 Å². The molecule has 0 aliphatic carbocycles. The van der Waals surface area contributed by atoms with Crippen molar-refractivity contribution in [2.45, 2.75) is 31.8 Å². The predicted molar refractivity (Wildman–Crippen MR) is 102 cm³/mol. The summed E-state index contributed by atoms with van der Waals surface area (Å²) in [6, 6.07) is 4.70. The smallest absolute Gasteiger partial charge is 0.256 e. The van der Waals surface area contributed by atoms with E-state index in [1.54, 1.807) is 23.1 Å². The van der Waals surface area contributed by atoms with E-state index >= 15 is 0 Å². The SMILES string of the molecule is CC1CN(C(=O)C2CCCN2C(=O)c2cc(Cl)ccc2Cl)CCN1.Cl. The number of amides is 2. The van der Waals surface area contributed by atoms with Crippen molar-refractivity contribution < 1.29 is 9.59 Å². The summed E-state index contributed by atoms with van der Waals surface area (Å²) in [5, 5.41) is 4.14. The fourth-order valence-corrected chi connectivity index (χ4v) is 3.80. The molecule has 25 heavy (non-hydrogen) atoms. The number of carbonyl (C=O) groups excluding carboxylic acids is 2. The number of benzene rings is 1. The molecule has 1 N–H and O–H groups in total. The third-order valence-corrected chi connectivity index (χ3v) is 5.20. The van der Waals surface area contributed by atoms with Gasteiger partial charge in [-0.2, -0.15) is 0 Å². The molecule has 2 aliphatic heterocycles. The van der Waals surface area contributed by atoms with Crippen LogP contribution in [0.4, 0.5) is 0 Å². The van der Waals surface area contributed by atoms with Gasteiger partial charge in [0.25, 0.3) is 5.91 Å². The largest absolute Gasteiger partial charge is 0.338 e. The van der Waals surface area contributed by atoms with Crippen molar-refractivity contribution in [2.24, 2.45) is 0 Å². The summed E-state index contributed by atoms with van der Waals surface area (Å²) < 4.78 is 0. The molecule has 5 nitrogen and oxygen atoms in total. The normalized spacial score (nSPS) is 23.3. The molecule has 0 bridgehead atoms. The molecule has 3 rings (SSSR count). The predicted octanol–water partition coefficient (Wildman–Crippen LogP) is 2.84. The Morgan fingerprint density at radius 3 is 2.72 bits per heavy atom. The average Bonchev–Trinajstić information content (AvgIpc) is 3.05. The molecule has 1 aromatic carbocycles. The number of nitrogens with one attached hydrogen (secondary N) is 1. The lowest BCUT2D eigenvalue weighted by Gasteiger charge is -2.35. The van der Waals surface area contributed by atoms with Gasteiger partial charge in [-0.05, 0) is 38.0 Å².